The van der Waals surface area contributed by atoms with E-state index < -0.39 is 11.7 Å². The molecule has 30 heavy (non-hydrogen) atoms. The zero-order chi connectivity index (χ0) is 21.9. The van der Waals surface area contributed by atoms with E-state index in [2.05, 4.69) is 34.1 Å². The molecule has 3 heterocycles. The van der Waals surface area contributed by atoms with E-state index >= 15 is 0 Å². The van der Waals surface area contributed by atoms with Crippen LogP contribution in [0.4, 0.5) is 13.2 Å². The number of aromatic nitrogens is 3. The number of pyridine rings is 1. The summed E-state index contributed by atoms with van der Waals surface area (Å²) < 4.78 is 44.9. The van der Waals surface area contributed by atoms with Crippen molar-refractivity contribution in [3.63, 3.8) is 0 Å². The first-order valence-electron chi connectivity index (χ1n) is 9.86. The molecule has 2 aromatic heterocycles. The number of carbonyl (C=O) groups excluding carboxylic acids is 1. The molecule has 0 bridgehead atoms. The maximum atomic E-state index is 12.7. The van der Waals surface area contributed by atoms with E-state index in [4.69, 9.17) is 4.74 Å². The first kappa shape index (κ1) is 22.2. The first-order valence-corrected chi connectivity index (χ1v) is 9.86. The summed E-state index contributed by atoms with van der Waals surface area (Å²) in [6, 6.07) is 2.36. The fourth-order valence-electron chi connectivity index (χ4n) is 3.53. The summed E-state index contributed by atoms with van der Waals surface area (Å²) in [7, 11) is 0. The Kier molecular flexibility index (Phi) is 6.77. The van der Waals surface area contributed by atoms with Gasteiger partial charge in [-0.15, -0.1) is 0 Å². The highest BCUT2D eigenvalue weighted by atomic mass is 19.4. The van der Waals surface area contributed by atoms with E-state index in [0.717, 1.165) is 25.4 Å². The minimum atomic E-state index is -4.46. The Morgan fingerprint density at radius 1 is 1.23 bits per heavy atom. The van der Waals surface area contributed by atoms with Crippen molar-refractivity contribution in [3.05, 3.63) is 41.3 Å². The fraction of sp³-hybridized carbons (Fsp3) is 0.550. The SMILES string of the molecule is Cc1c(C(=O)NCC(C(C)C)N2CCOCC2)cnn1-c1ccc(C(F)(F)F)cn1. The van der Waals surface area contributed by atoms with Crippen LogP contribution in [0.1, 0.15) is 35.5 Å². The smallest absolute Gasteiger partial charge is 0.379 e. The quantitative estimate of drug-likeness (QED) is 0.771. The molecule has 1 fully saturated rings. The predicted molar refractivity (Wildman–Crippen MR) is 104 cm³/mol. The number of carbonyl (C=O) groups is 1. The normalized spacial score (nSPS) is 16.6. The molecule has 0 spiro atoms. The minimum absolute atomic E-state index is 0.185. The lowest BCUT2D eigenvalue weighted by atomic mass is 10.0. The molecule has 3 rings (SSSR count). The van der Waals surface area contributed by atoms with Gasteiger partial charge in [-0.2, -0.15) is 18.3 Å². The van der Waals surface area contributed by atoms with E-state index in [1.54, 1.807) is 6.92 Å². The first-order chi connectivity index (χ1) is 14.2. The molecule has 10 heteroatoms. The fourth-order valence-corrected chi connectivity index (χ4v) is 3.53. The molecule has 1 atom stereocenters. The van der Waals surface area contributed by atoms with Crippen molar-refractivity contribution in [1.82, 2.24) is 25.0 Å². The maximum absolute atomic E-state index is 12.7. The van der Waals surface area contributed by atoms with Crippen molar-refractivity contribution in [2.45, 2.75) is 33.0 Å². The molecule has 1 saturated heterocycles. The van der Waals surface area contributed by atoms with Gasteiger partial charge in [0.25, 0.3) is 5.91 Å². The van der Waals surface area contributed by atoms with E-state index in [0.29, 0.717) is 36.9 Å². The summed E-state index contributed by atoms with van der Waals surface area (Å²) in [5, 5.41) is 7.10. The van der Waals surface area contributed by atoms with Gasteiger partial charge in [0.1, 0.15) is 0 Å². The van der Waals surface area contributed by atoms with Gasteiger partial charge in [-0.3, -0.25) is 9.69 Å². The van der Waals surface area contributed by atoms with E-state index in [9.17, 15) is 18.0 Å². The lowest BCUT2D eigenvalue weighted by Crippen LogP contribution is -2.51. The number of rotatable bonds is 6. The largest absolute Gasteiger partial charge is 0.417 e. The van der Waals surface area contributed by atoms with Crippen LogP contribution in [0.3, 0.4) is 0 Å². The number of alkyl halides is 3. The second-order valence-corrected chi connectivity index (χ2v) is 7.63. The number of nitrogens with one attached hydrogen (secondary N) is 1. The van der Waals surface area contributed by atoms with Gasteiger partial charge in [0.05, 0.1) is 36.2 Å². The topological polar surface area (TPSA) is 72.3 Å². The summed E-state index contributed by atoms with van der Waals surface area (Å²) >= 11 is 0. The Labute approximate surface area is 173 Å². The molecule has 1 amide bonds. The highest BCUT2D eigenvalue weighted by Gasteiger charge is 2.31. The molecular weight excluding hydrogens is 399 g/mol. The van der Waals surface area contributed by atoms with Gasteiger partial charge in [-0.1, -0.05) is 13.8 Å². The molecule has 1 N–H and O–H groups in total. The molecule has 0 aromatic carbocycles. The van der Waals surface area contributed by atoms with Crippen LogP contribution in [0.25, 0.3) is 5.82 Å². The Hall–Kier alpha value is -2.46. The van der Waals surface area contributed by atoms with Gasteiger partial charge in [-0.25, -0.2) is 9.67 Å². The standard InChI is InChI=1S/C20H26F3N5O2/c1-13(2)17(27-6-8-30-9-7-27)12-25-19(29)16-11-26-28(14(16)3)18-5-4-15(10-24-18)20(21,22)23/h4-5,10-11,13,17H,6-9,12H2,1-3H3,(H,25,29). The zero-order valence-corrected chi connectivity index (χ0v) is 17.2. The molecule has 0 saturated carbocycles. The average Bonchev–Trinajstić information content (AvgIpc) is 3.09. The summed E-state index contributed by atoms with van der Waals surface area (Å²) in [5.41, 5.74) is 0.0327. The van der Waals surface area contributed by atoms with E-state index in [1.807, 2.05) is 0 Å². The van der Waals surface area contributed by atoms with Crippen LogP contribution in [0.2, 0.25) is 0 Å². The Morgan fingerprint density at radius 2 is 1.93 bits per heavy atom. The van der Waals surface area contributed by atoms with Crippen molar-refractivity contribution < 1.29 is 22.7 Å². The molecular formula is C20H26F3N5O2. The van der Waals surface area contributed by atoms with Gasteiger partial charge in [-0.05, 0) is 25.0 Å². The van der Waals surface area contributed by atoms with Gasteiger partial charge < -0.3 is 10.1 Å². The number of amides is 1. The number of hydrogen-bond acceptors (Lipinski definition) is 5. The summed E-state index contributed by atoms with van der Waals surface area (Å²) in [4.78, 5) is 18.9. The average molecular weight is 425 g/mol. The molecule has 1 aliphatic rings. The van der Waals surface area contributed by atoms with E-state index in [1.165, 1.54) is 16.9 Å². The highest BCUT2D eigenvalue weighted by molar-refractivity contribution is 5.95. The van der Waals surface area contributed by atoms with Crippen LogP contribution >= 0.6 is 0 Å². The van der Waals surface area contributed by atoms with Crippen molar-refractivity contribution >= 4 is 5.91 Å². The predicted octanol–water partition coefficient (Wildman–Crippen LogP) is 2.68. The monoisotopic (exact) mass is 425 g/mol. The number of hydrogen-bond donors (Lipinski definition) is 1. The summed E-state index contributed by atoms with van der Waals surface area (Å²) in [6.45, 7) is 9.43. The molecule has 0 aliphatic carbocycles. The van der Waals surface area contributed by atoms with Gasteiger partial charge in [0, 0.05) is 31.9 Å². The van der Waals surface area contributed by atoms with Gasteiger partial charge in [0.15, 0.2) is 5.82 Å². The molecule has 7 nitrogen and oxygen atoms in total. The highest BCUT2D eigenvalue weighted by Crippen LogP contribution is 2.28. The summed E-state index contributed by atoms with van der Waals surface area (Å²) in [6.07, 6.45) is -2.29. The van der Waals surface area contributed by atoms with Gasteiger partial charge >= 0.3 is 6.18 Å². The Bertz CT molecular complexity index is 858. The van der Waals surface area contributed by atoms with Crippen LogP contribution in [-0.2, 0) is 10.9 Å². The lowest BCUT2D eigenvalue weighted by Gasteiger charge is -2.36. The third-order valence-electron chi connectivity index (χ3n) is 5.30. The van der Waals surface area contributed by atoms with Crippen molar-refractivity contribution in [2.75, 3.05) is 32.8 Å². The second kappa shape index (κ2) is 9.13. The lowest BCUT2D eigenvalue weighted by molar-refractivity contribution is -0.137. The third-order valence-corrected chi connectivity index (χ3v) is 5.30. The minimum Gasteiger partial charge on any atom is -0.379 e. The molecule has 1 unspecified atom stereocenters. The number of morpholine rings is 1. The maximum Gasteiger partial charge on any atom is 0.417 e. The second-order valence-electron chi connectivity index (χ2n) is 7.63. The van der Waals surface area contributed by atoms with E-state index in [-0.39, 0.29) is 17.8 Å². The number of halogens is 3. The molecule has 0 radical (unpaired) electrons. The van der Waals surface area contributed by atoms with Crippen molar-refractivity contribution in [2.24, 2.45) is 5.92 Å². The zero-order valence-electron chi connectivity index (χ0n) is 17.2. The van der Waals surface area contributed by atoms with Crippen molar-refractivity contribution in [1.29, 1.82) is 0 Å². The molecule has 2 aromatic rings. The third kappa shape index (κ3) is 4.99. The number of nitrogens with zero attached hydrogens (tertiary/aromatic N) is 4. The molecule has 164 valence electrons. The van der Waals surface area contributed by atoms with Gasteiger partial charge in [0.2, 0.25) is 0 Å². The van der Waals surface area contributed by atoms with Crippen molar-refractivity contribution in [3.8, 4) is 5.82 Å². The Morgan fingerprint density at radius 3 is 2.50 bits per heavy atom. The van der Waals surface area contributed by atoms with Crippen LogP contribution in [-0.4, -0.2) is 64.5 Å². The van der Waals surface area contributed by atoms with Crippen LogP contribution in [0.15, 0.2) is 24.5 Å². The van der Waals surface area contributed by atoms with Crippen LogP contribution in [0.5, 0.6) is 0 Å². The van der Waals surface area contributed by atoms with Crippen LogP contribution < -0.4 is 5.32 Å². The Balaban J connectivity index is 1.69. The number of ether oxygens (including phenoxy) is 1. The molecule has 1 aliphatic heterocycles. The summed E-state index contributed by atoms with van der Waals surface area (Å²) in [5.74, 6) is 0.293. The van der Waals surface area contributed by atoms with Crippen LogP contribution in [0, 0.1) is 12.8 Å².